The minimum absolute atomic E-state index is 0.870. The molecule has 0 saturated carbocycles. The van der Waals surface area contributed by atoms with Gasteiger partial charge >= 0.3 is 0 Å². The summed E-state index contributed by atoms with van der Waals surface area (Å²) in [6.07, 6.45) is 0. The van der Waals surface area contributed by atoms with E-state index in [9.17, 15) is 0 Å². The quantitative estimate of drug-likeness (QED) is 0.696. The summed E-state index contributed by atoms with van der Waals surface area (Å²) < 4.78 is 0. The highest BCUT2D eigenvalue weighted by molar-refractivity contribution is 5.91. The molecule has 0 fully saturated rings. The fraction of sp³-hybridized carbons (Fsp3) is 0.0714. The first-order chi connectivity index (χ1) is 8.33. The van der Waals surface area contributed by atoms with Crippen LogP contribution in [0, 0.1) is 6.92 Å². The second kappa shape index (κ2) is 3.94. The van der Waals surface area contributed by atoms with Gasteiger partial charge in [0.05, 0.1) is 5.52 Å². The van der Waals surface area contributed by atoms with Gasteiger partial charge in [-0.3, -0.25) is 5.10 Å². The van der Waals surface area contributed by atoms with Gasteiger partial charge in [-0.05, 0) is 31.2 Å². The van der Waals surface area contributed by atoms with E-state index in [1.54, 1.807) is 0 Å². The van der Waals surface area contributed by atoms with Crippen LogP contribution in [0.5, 0.6) is 0 Å². The maximum absolute atomic E-state index is 4.30. The molecule has 3 aromatic rings. The van der Waals surface area contributed by atoms with Gasteiger partial charge in [-0.1, -0.05) is 29.8 Å². The van der Waals surface area contributed by atoms with Crippen LogP contribution in [0.3, 0.4) is 0 Å². The lowest BCUT2D eigenvalue weighted by Gasteiger charge is -2.02. The number of nitrogens with zero attached hydrogens (tertiary/aromatic N) is 1. The Hall–Kier alpha value is -2.29. The third-order valence-electron chi connectivity index (χ3n) is 2.75. The zero-order chi connectivity index (χ0) is 11.7. The lowest BCUT2D eigenvalue weighted by molar-refractivity contribution is 1.12. The molecule has 2 N–H and O–H groups in total. The largest absolute Gasteiger partial charge is 0.338 e. The van der Waals surface area contributed by atoms with E-state index in [1.165, 1.54) is 5.56 Å². The molecule has 0 atom stereocenters. The highest BCUT2D eigenvalue weighted by Crippen LogP contribution is 2.24. The minimum atomic E-state index is 0.870. The van der Waals surface area contributed by atoms with Crippen molar-refractivity contribution in [1.82, 2.24) is 10.2 Å². The first-order valence-corrected chi connectivity index (χ1v) is 5.60. The van der Waals surface area contributed by atoms with Gasteiger partial charge in [-0.15, -0.1) is 0 Å². The van der Waals surface area contributed by atoms with Gasteiger partial charge in [0.1, 0.15) is 0 Å². The van der Waals surface area contributed by atoms with Crippen molar-refractivity contribution in [3.05, 3.63) is 54.1 Å². The van der Waals surface area contributed by atoms with E-state index in [2.05, 4.69) is 34.6 Å². The maximum Gasteiger partial charge on any atom is 0.160 e. The van der Waals surface area contributed by atoms with Crippen LogP contribution in [0.1, 0.15) is 5.56 Å². The Morgan fingerprint density at radius 3 is 2.71 bits per heavy atom. The fourth-order valence-electron chi connectivity index (χ4n) is 1.88. The van der Waals surface area contributed by atoms with Gasteiger partial charge in [0.25, 0.3) is 0 Å². The van der Waals surface area contributed by atoms with Crippen LogP contribution in [0.25, 0.3) is 10.9 Å². The predicted molar refractivity (Wildman–Crippen MR) is 70.6 cm³/mol. The summed E-state index contributed by atoms with van der Waals surface area (Å²) in [7, 11) is 0. The summed E-state index contributed by atoms with van der Waals surface area (Å²) in [6.45, 7) is 2.08. The third kappa shape index (κ3) is 1.87. The Morgan fingerprint density at radius 1 is 1.06 bits per heavy atom. The van der Waals surface area contributed by atoms with E-state index in [1.807, 2.05) is 36.4 Å². The van der Waals surface area contributed by atoms with Gasteiger partial charge in [-0.2, -0.15) is 5.10 Å². The molecule has 0 unspecified atom stereocenters. The van der Waals surface area contributed by atoms with Crippen LogP contribution in [0.4, 0.5) is 11.5 Å². The van der Waals surface area contributed by atoms with E-state index in [-0.39, 0.29) is 0 Å². The molecule has 2 aromatic carbocycles. The van der Waals surface area contributed by atoms with Gasteiger partial charge in [0.15, 0.2) is 5.82 Å². The molecule has 0 bridgehead atoms. The lowest BCUT2D eigenvalue weighted by atomic mass is 10.2. The zero-order valence-electron chi connectivity index (χ0n) is 9.57. The molecule has 1 aromatic heterocycles. The number of hydrogen-bond acceptors (Lipinski definition) is 2. The van der Waals surface area contributed by atoms with Crippen molar-refractivity contribution in [2.24, 2.45) is 0 Å². The first-order valence-electron chi connectivity index (χ1n) is 5.60. The maximum atomic E-state index is 4.30. The molecule has 1 heterocycles. The molecule has 84 valence electrons. The lowest BCUT2D eigenvalue weighted by Crippen LogP contribution is -1.90. The van der Waals surface area contributed by atoms with Crippen LogP contribution >= 0.6 is 0 Å². The molecule has 3 nitrogen and oxygen atoms in total. The van der Waals surface area contributed by atoms with Crippen molar-refractivity contribution in [2.45, 2.75) is 6.92 Å². The third-order valence-corrected chi connectivity index (χ3v) is 2.75. The van der Waals surface area contributed by atoms with Crippen molar-refractivity contribution >= 4 is 22.4 Å². The average Bonchev–Trinajstić information content (AvgIpc) is 2.73. The van der Waals surface area contributed by atoms with Crippen LogP contribution in [0.2, 0.25) is 0 Å². The highest BCUT2D eigenvalue weighted by atomic mass is 15.2. The number of H-pyrrole nitrogens is 1. The average molecular weight is 223 g/mol. The second-order valence-corrected chi connectivity index (χ2v) is 4.11. The molecule has 0 aliphatic heterocycles. The minimum Gasteiger partial charge on any atom is -0.338 e. The summed E-state index contributed by atoms with van der Waals surface area (Å²) in [5.41, 5.74) is 3.33. The molecule has 0 radical (unpaired) electrons. The Labute approximate surface area is 99.5 Å². The van der Waals surface area contributed by atoms with E-state index in [0.29, 0.717) is 0 Å². The number of rotatable bonds is 2. The highest BCUT2D eigenvalue weighted by Gasteiger charge is 2.05. The number of nitrogens with one attached hydrogen (secondary N) is 2. The van der Waals surface area contributed by atoms with Crippen molar-refractivity contribution in [3.8, 4) is 0 Å². The normalized spacial score (nSPS) is 10.6. The molecule has 17 heavy (non-hydrogen) atoms. The molecule has 0 amide bonds. The molecule has 3 rings (SSSR count). The van der Waals surface area contributed by atoms with Crippen molar-refractivity contribution < 1.29 is 0 Å². The molecule has 0 aliphatic rings. The van der Waals surface area contributed by atoms with Crippen molar-refractivity contribution in [1.29, 1.82) is 0 Å². The fourth-order valence-corrected chi connectivity index (χ4v) is 1.88. The SMILES string of the molecule is Cc1ccc2[nH]nc(Nc3ccccc3)c2c1. The van der Waals surface area contributed by atoms with E-state index >= 15 is 0 Å². The summed E-state index contributed by atoms with van der Waals surface area (Å²) in [5, 5.41) is 11.7. The molecular formula is C14H13N3. The van der Waals surface area contributed by atoms with Crippen molar-refractivity contribution in [2.75, 3.05) is 5.32 Å². The smallest absolute Gasteiger partial charge is 0.160 e. The van der Waals surface area contributed by atoms with Gasteiger partial charge in [0.2, 0.25) is 0 Å². The summed E-state index contributed by atoms with van der Waals surface area (Å²) >= 11 is 0. The van der Waals surface area contributed by atoms with Gasteiger partial charge in [0, 0.05) is 11.1 Å². The van der Waals surface area contributed by atoms with Crippen molar-refractivity contribution in [3.63, 3.8) is 0 Å². The Morgan fingerprint density at radius 2 is 1.88 bits per heavy atom. The standard InChI is InChI=1S/C14H13N3/c1-10-7-8-13-12(9-10)14(17-16-13)15-11-5-3-2-4-6-11/h2-9H,1H3,(H2,15,16,17). The molecule has 3 heteroatoms. The molecule has 0 saturated heterocycles. The topological polar surface area (TPSA) is 40.7 Å². The number of fused-ring (bicyclic) bond motifs is 1. The first kappa shape index (κ1) is 9.90. The number of aryl methyl sites for hydroxylation is 1. The Kier molecular flexibility index (Phi) is 2.29. The van der Waals surface area contributed by atoms with E-state index in [0.717, 1.165) is 22.4 Å². The Bertz CT molecular complexity index is 641. The number of hydrogen-bond donors (Lipinski definition) is 2. The van der Waals surface area contributed by atoms with Crippen LogP contribution in [0.15, 0.2) is 48.5 Å². The second-order valence-electron chi connectivity index (χ2n) is 4.11. The van der Waals surface area contributed by atoms with Crippen LogP contribution in [-0.4, -0.2) is 10.2 Å². The van der Waals surface area contributed by atoms with Gasteiger partial charge < -0.3 is 5.32 Å². The summed E-state index contributed by atoms with van der Waals surface area (Å²) in [5.74, 6) is 0.870. The summed E-state index contributed by atoms with van der Waals surface area (Å²) in [6, 6.07) is 16.3. The zero-order valence-corrected chi connectivity index (χ0v) is 9.57. The number of aromatic amines is 1. The molecule has 0 spiro atoms. The number of para-hydroxylation sites is 1. The van der Waals surface area contributed by atoms with Crippen LogP contribution in [-0.2, 0) is 0 Å². The van der Waals surface area contributed by atoms with Gasteiger partial charge in [-0.25, -0.2) is 0 Å². The van der Waals surface area contributed by atoms with Crippen LogP contribution < -0.4 is 5.32 Å². The number of benzene rings is 2. The van der Waals surface area contributed by atoms with E-state index < -0.39 is 0 Å². The number of aromatic nitrogens is 2. The monoisotopic (exact) mass is 223 g/mol. The predicted octanol–water partition coefficient (Wildman–Crippen LogP) is 3.61. The molecule has 0 aliphatic carbocycles. The van der Waals surface area contributed by atoms with E-state index in [4.69, 9.17) is 0 Å². The number of anilines is 2. The Balaban J connectivity index is 2.03. The molecular weight excluding hydrogens is 210 g/mol. The summed E-state index contributed by atoms with van der Waals surface area (Å²) in [4.78, 5) is 0.